The van der Waals surface area contributed by atoms with Crippen LogP contribution in [0.25, 0.3) is 5.76 Å². The van der Waals surface area contributed by atoms with Crippen LogP contribution in [0.5, 0.6) is 5.75 Å². The third-order valence-electron chi connectivity index (χ3n) is 7.96. The van der Waals surface area contributed by atoms with E-state index in [9.17, 15) is 29.7 Å². The maximum absolute atomic E-state index is 13.6. The number of primary amides is 1. The lowest BCUT2D eigenvalue weighted by atomic mass is 9.61. The van der Waals surface area contributed by atoms with Crippen LogP contribution in [-0.4, -0.2) is 64.9 Å². The zero-order valence-electron chi connectivity index (χ0n) is 20.5. The zero-order valence-corrected chi connectivity index (χ0v) is 20.5. The van der Waals surface area contributed by atoms with Gasteiger partial charge in [0.2, 0.25) is 0 Å². The Labute approximate surface area is 209 Å². The summed E-state index contributed by atoms with van der Waals surface area (Å²) >= 11 is 0. The number of benzene rings is 1. The molecule has 1 aromatic rings. The number of ketones is 2. The van der Waals surface area contributed by atoms with E-state index in [1.54, 1.807) is 0 Å². The molecule has 0 saturated heterocycles. The van der Waals surface area contributed by atoms with Gasteiger partial charge in [0.1, 0.15) is 22.8 Å². The van der Waals surface area contributed by atoms with Gasteiger partial charge >= 0.3 is 0 Å². The highest BCUT2D eigenvalue weighted by atomic mass is 16.3. The Balaban J connectivity index is 1.63. The highest BCUT2D eigenvalue weighted by Crippen LogP contribution is 2.52. The molecule has 1 aliphatic heterocycles. The second-order valence-corrected chi connectivity index (χ2v) is 10.4. The summed E-state index contributed by atoms with van der Waals surface area (Å²) in [7, 11) is 3.79. The van der Waals surface area contributed by atoms with E-state index in [2.05, 4.69) is 17.1 Å². The molecule has 1 saturated carbocycles. The molecule has 1 aromatic carbocycles. The number of phenols is 1. The normalized spacial score (nSPS) is 26.0. The number of nitrogens with zero attached hydrogens (tertiary/aromatic N) is 2. The van der Waals surface area contributed by atoms with Crippen LogP contribution in [0, 0.1) is 17.8 Å². The predicted molar refractivity (Wildman–Crippen MR) is 133 cm³/mol. The molecule has 1 fully saturated rings. The molecule has 3 atom stereocenters. The van der Waals surface area contributed by atoms with Gasteiger partial charge in [0.25, 0.3) is 5.91 Å². The number of anilines is 1. The number of hydrogen-bond acceptors (Lipinski definition) is 8. The summed E-state index contributed by atoms with van der Waals surface area (Å²) in [6.07, 6.45) is 5.85. The SMILES string of the molecule is CN(C)c1cc(CN2CC=CCC2)c(O)c2c1CC1CC3CC(=O)C(C(N)=O)=C(O)C3C(=O)C1=C2O. The average molecular weight is 494 g/mol. The molecule has 3 aliphatic carbocycles. The van der Waals surface area contributed by atoms with Gasteiger partial charge in [-0.25, -0.2) is 0 Å². The van der Waals surface area contributed by atoms with Gasteiger partial charge in [-0.2, -0.15) is 0 Å². The molecule has 5 rings (SSSR count). The lowest BCUT2D eigenvalue weighted by Crippen LogP contribution is -2.44. The van der Waals surface area contributed by atoms with Gasteiger partial charge in [0.05, 0.1) is 11.5 Å². The summed E-state index contributed by atoms with van der Waals surface area (Å²) in [6.45, 7) is 2.10. The van der Waals surface area contributed by atoms with Gasteiger partial charge in [-0.3, -0.25) is 19.3 Å². The van der Waals surface area contributed by atoms with Crippen LogP contribution < -0.4 is 10.6 Å². The van der Waals surface area contributed by atoms with Crippen molar-refractivity contribution in [2.45, 2.75) is 32.2 Å². The number of allylic oxidation sites excluding steroid dienone is 2. The zero-order chi connectivity index (χ0) is 25.9. The number of amides is 1. The number of Topliss-reactive ketones (excluding diaryl/α,β-unsaturated/α-hetero) is 2. The molecule has 1 heterocycles. The van der Waals surface area contributed by atoms with Crippen LogP contribution in [-0.2, 0) is 27.3 Å². The third kappa shape index (κ3) is 3.69. The number of nitrogens with two attached hydrogens (primary N) is 1. The van der Waals surface area contributed by atoms with Crippen molar-refractivity contribution in [3.63, 3.8) is 0 Å². The van der Waals surface area contributed by atoms with Crippen molar-refractivity contribution in [1.29, 1.82) is 0 Å². The molecule has 0 bridgehead atoms. The molecule has 5 N–H and O–H groups in total. The molecule has 1 amide bonds. The lowest BCUT2D eigenvalue weighted by Gasteiger charge is -2.41. The summed E-state index contributed by atoms with van der Waals surface area (Å²) in [6, 6.07) is 1.94. The monoisotopic (exact) mass is 493 g/mol. The minimum atomic E-state index is -1.11. The number of hydrogen-bond donors (Lipinski definition) is 4. The van der Waals surface area contributed by atoms with Crippen LogP contribution in [0.3, 0.4) is 0 Å². The van der Waals surface area contributed by atoms with Crippen molar-refractivity contribution in [2.24, 2.45) is 23.5 Å². The fourth-order valence-corrected chi connectivity index (χ4v) is 6.34. The number of carbonyl (C=O) groups is 3. The first-order valence-corrected chi connectivity index (χ1v) is 12.3. The number of fused-ring (bicyclic) bond motifs is 3. The Bertz CT molecular complexity index is 1270. The highest BCUT2D eigenvalue weighted by Gasteiger charge is 2.51. The van der Waals surface area contributed by atoms with E-state index < -0.39 is 40.6 Å². The van der Waals surface area contributed by atoms with Gasteiger partial charge in [0, 0.05) is 57.0 Å². The summed E-state index contributed by atoms with van der Waals surface area (Å²) in [5.74, 6) is -5.09. The number of rotatable bonds is 4. The second kappa shape index (κ2) is 8.81. The first kappa shape index (κ1) is 24.1. The van der Waals surface area contributed by atoms with E-state index in [-0.39, 0.29) is 35.0 Å². The summed E-state index contributed by atoms with van der Waals surface area (Å²) < 4.78 is 0. The van der Waals surface area contributed by atoms with Crippen LogP contribution >= 0.6 is 0 Å². The first-order chi connectivity index (χ1) is 17.1. The standard InChI is InChI=1S/C27H31N3O6/c1-29(2)17-10-15(12-30-6-4-3-5-7-30)23(32)21-16(17)9-13-8-14-11-18(31)22(27(28)36)26(35)20(14)24(33)19(13)25(21)34/h3-4,10,13-14,20,32,34-35H,5-9,11-12H2,1-2H3,(H2,28,36). The number of phenolic OH excluding ortho intramolecular Hbond substituents is 1. The Hall–Kier alpha value is -3.59. The molecule has 3 unspecified atom stereocenters. The molecule has 9 nitrogen and oxygen atoms in total. The van der Waals surface area contributed by atoms with Gasteiger partial charge in [0.15, 0.2) is 11.6 Å². The Morgan fingerprint density at radius 3 is 2.56 bits per heavy atom. The molecule has 9 heteroatoms. The molecule has 0 radical (unpaired) electrons. The van der Waals surface area contributed by atoms with E-state index in [4.69, 9.17) is 5.73 Å². The highest BCUT2D eigenvalue weighted by molar-refractivity contribution is 6.21. The van der Waals surface area contributed by atoms with E-state index >= 15 is 0 Å². The minimum absolute atomic E-state index is 0.0556. The Morgan fingerprint density at radius 2 is 1.92 bits per heavy atom. The van der Waals surface area contributed by atoms with Gasteiger partial charge < -0.3 is 26.0 Å². The summed E-state index contributed by atoms with van der Waals surface area (Å²) in [5, 5.41) is 33.5. The van der Waals surface area contributed by atoms with Crippen LogP contribution in [0.4, 0.5) is 5.69 Å². The van der Waals surface area contributed by atoms with E-state index in [1.807, 2.05) is 25.1 Å². The van der Waals surface area contributed by atoms with Crippen molar-refractivity contribution >= 4 is 28.9 Å². The van der Waals surface area contributed by atoms with Crippen LogP contribution in [0.2, 0.25) is 0 Å². The number of aliphatic hydroxyl groups excluding tert-OH is 2. The van der Waals surface area contributed by atoms with Gasteiger partial charge in [-0.1, -0.05) is 12.2 Å². The predicted octanol–water partition coefficient (Wildman–Crippen LogP) is 2.14. The smallest absolute Gasteiger partial charge is 0.255 e. The fraction of sp³-hybridized carbons (Fsp3) is 0.444. The van der Waals surface area contributed by atoms with Crippen molar-refractivity contribution in [1.82, 2.24) is 4.90 Å². The van der Waals surface area contributed by atoms with E-state index in [0.717, 1.165) is 30.8 Å². The van der Waals surface area contributed by atoms with Crippen molar-refractivity contribution in [3.05, 3.63) is 51.8 Å². The molecular formula is C27H31N3O6. The third-order valence-corrected chi connectivity index (χ3v) is 7.96. The first-order valence-electron chi connectivity index (χ1n) is 12.3. The molecule has 4 aliphatic rings. The Morgan fingerprint density at radius 1 is 1.17 bits per heavy atom. The molecule has 0 aromatic heterocycles. The number of carbonyl (C=O) groups excluding carboxylic acids is 3. The second-order valence-electron chi connectivity index (χ2n) is 10.4. The van der Waals surface area contributed by atoms with E-state index in [0.29, 0.717) is 24.9 Å². The Kier molecular flexibility index (Phi) is 5.90. The minimum Gasteiger partial charge on any atom is -0.511 e. The molecule has 190 valence electrons. The average Bonchev–Trinajstić information content (AvgIpc) is 2.80. The lowest BCUT2D eigenvalue weighted by molar-refractivity contribution is -0.127. The quantitative estimate of drug-likeness (QED) is 0.369. The largest absolute Gasteiger partial charge is 0.511 e. The topological polar surface area (TPSA) is 144 Å². The molecular weight excluding hydrogens is 462 g/mol. The molecule has 0 spiro atoms. The molecule has 36 heavy (non-hydrogen) atoms. The van der Waals surface area contributed by atoms with Crippen LogP contribution in [0.15, 0.2) is 35.1 Å². The maximum Gasteiger partial charge on any atom is 0.255 e. The van der Waals surface area contributed by atoms with Crippen molar-refractivity contribution < 1.29 is 29.7 Å². The fourth-order valence-electron chi connectivity index (χ4n) is 6.34. The number of aromatic hydroxyl groups is 1. The summed E-state index contributed by atoms with van der Waals surface area (Å²) in [4.78, 5) is 42.0. The maximum atomic E-state index is 13.6. The van der Waals surface area contributed by atoms with Crippen molar-refractivity contribution in [3.8, 4) is 5.75 Å². The summed E-state index contributed by atoms with van der Waals surface area (Å²) in [5.41, 5.74) is 7.39. The van der Waals surface area contributed by atoms with E-state index in [1.165, 1.54) is 0 Å². The van der Waals surface area contributed by atoms with Gasteiger partial charge in [-0.15, -0.1) is 0 Å². The van der Waals surface area contributed by atoms with Crippen molar-refractivity contribution in [2.75, 3.05) is 32.1 Å². The number of aliphatic hydroxyl groups is 2. The van der Waals surface area contributed by atoms with Gasteiger partial charge in [-0.05, 0) is 42.7 Å². The van der Waals surface area contributed by atoms with Crippen LogP contribution in [0.1, 0.15) is 36.0 Å².